The summed E-state index contributed by atoms with van der Waals surface area (Å²) in [4.78, 5) is 16.4. The van der Waals surface area contributed by atoms with Gasteiger partial charge in [-0.1, -0.05) is 11.8 Å². The van der Waals surface area contributed by atoms with E-state index in [1.807, 2.05) is 12.3 Å². The number of amides is 1. The molecule has 0 atom stereocenters. The molecule has 0 unspecified atom stereocenters. The van der Waals surface area contributed by atoms with Crippen LogP contribution in [0.25, 0.3) is 0 Å². The predicted molar refractivity (Wildman–Crippen MR) is 78.4 cm³/mol. The van der Waals surface area contributed by atoms with E-state index in [2.05, 4.69) is 22.1 Å². The second-order valence-corrected chi connectivity index (χ2v) is 5.16. The third-order valence-electron chi connectivity index (χ3n) is 2.60. The predicted octanol–water partition coefficient (Wildman–Crippen LogP) is 1.86. The minimum Gasteiger partial charge on any atom is -0.384 e. The lowest BCUT2D eigenvalue weighted by Crippen LogP contribution is -2.23. The van der Waals surface area contributed by atoms with Crippen molar-refractivity contribution in [2.75, 3.05) is 6.61 Å². The number of halogens is 1. The molecule has 1 heterocycles. The molecule has 0 saturated carbocycles. The molecule has 6 heteroatoms. The van der Waals surface area contributed by atoms with Gasteiger partial charge in [0.25, 0.3) is 5.91 Å². The molecule has 0 bridgehead atoms. The number of carbonyl (C=O) groups excluding carboxylic acids is 1. The Hall–Kier alpha value is -2.23. The van der Waals surface area contributed by atoms with Gasteiger partial charge in [0.15, 0.2) is 0 Å². The van der Waals surface area contributed by atoms with E-state index in [4.69, 9.17) is 5.11 Å². The second kappa shape index (κ2) is 6.97. The molecule has 2 N–H and O–H groups in total. The van der Waals surface area contributed by atoms with Crippen molar-refractivity contribution in [2.24, 2.45) is 0 Å². The topological polar surface area (TPSA) is 62.2 Å². The van der Waals surface area contributed by atoms with Crippen LogP contribution >= 0.6 is 11.3 Å². The highest BCUT2D eigenvalue weighted by atomic mass is 32.1. The fraction of sp³-hybridized carbons (Fsp3) is 0.200. The average Bonchev–Trinajstić information content (AvgIpc) is 2.89. The number of rotatable bonds is 3. The van der Waals surface area contributed by atoms with Crippen molar-refractivity contribution >= 4 is 17.2 Å². The van der Waals surface area contributed by atoms with Crippen LogP contribution in [0.5, 0.6) is 0 Å². The number of nitrogens with one attached hydrogen (secondary N) is 1. The van der Waals surface area contributed by atoms with Gasteiger partial charge in [0, 0.05) is 16.6 Å². The average molecular weight is 304 g/mol. The molecule has 108 valence electrons. The van der Waals surface area contributed by atoms with Crippen LogP contribution < -0.4 is 5.32 Å². The van der Waals surface area contributed by atoms with Crippen LogP contribution in [0, 0.1) is 24.6 Å². The van der Waals surface area contributed by atoms with Crippen molar-refractivity contribution in [3.63, 3.8) is 0 Å². The van der Waals surface area contributed by atoms with Crippen LogP contribution in [-0.4, -0.2) is 22.6 Å². The molecule has 4 nitrogen and oxygen atoms in total. The molecule has 0 fully saturated rings. The van der Waals surface area contributed by atoms with Crippen LogP contribution in [0.4, 0.5) is 4.39 Å². The Morgan fingerprint density at radius 2 is 2.33 bits per heavy atom. The number of hydrogen-bond acceptors (Lipinski definition) is 4. The number of thiazole rings is 1. The van der Waals surface area contributed by atoms with E-state index in [0.29, 0.717) is 5.56 Å². The molecule has 0 aliphatic carbocycles. The first-order chi connectivity index (χ1) is 10.1. The Morgan fingerprint density at radius 1 is 1.52 bits per heavy atom. The highest BCUT2D eigenvalue weighted by Crippen LogP contribution is 2.12. The molecule has 0 spiro atoms. The lowest BCUT2D eigenvalue weighted by molar-refractivity contribution is 0.0950. The number of aryl methyl sites for hydroxylation is 1. The minimum absolute atomic E-state index is 0.143. The molecule has 0 radical (unpaired) electrons. The summed E-state index contributed by atoms with van der Waals surface area (Å²) in [5.74, 6) is 4.14. The van der Waals surface area contributed by atoms with Crippen LogP contribution in [0.1, 0.15) is 26.6 Å². The van der Waals surface area contributed by atoms with E-state index in [0.717, 1.165) is 16.8 Å². The first-order valence-corrected chi connectivity index (χ1v) is 7.06. The monoisotopic (exact) mass is 304 g/mol. The number of benzene rings is 1. The number of aromatic nitrogens is 1. The molecule has 0 aliphatic rings. The van der Waals surface area contributed by atoms with Gasteiger partial charge in [-0.2, -0.15) is 0 Å². The van der Waals surface area contributed by atoms with E-state index in [-0.39, 0.29) is 18.7 Å². The lowest BCUT2D eigenvalue weighted by Gasteiger charge is -2.06. The van der Waals surface area contributed by atoms with Gasteiger partial charge in [0.2, 0.25) is 0 Å². The fourth-order valence-corrected chi connectivity index (χ4v) is 2.39. The largest absolute Gasteiger partial charge is 0.384 e. The van der Waals surface area contributed by atoms with Crippen LogP contribution in [0.15, 0.2) is 23.6 Å². The van der Waals surface area contributed by atoms with Gasteiger partial charge in [-0.15, -0.1) is 11.3 Å². The Labute approximate surface area is 125 Å². The summed E-state index contributed by atoms with van der Waals surface area (Å²) < 4.78 is 13.3. The van der Waals surface area contributed by atoms with E-state index in [9.17, 15) is 9.18 Å². The van der Waals surface area contributed by atoms with E-state index >= 15 is 0 Å². The SMILES string of the molecule is Cc1csc(CNC(=O)c2cc(F)ccc2C#CCO)n1. The van der Waals surface area contributed by atoms with Crippen molar-refractivity contribution in [1.82, 2.24) is 10.3 Å². The zero-order valence-corrected chi connectivity index (χ0v) is 12.1. The molecule has 0 saturated heterocycles. The third-order valence-corrected chi connectivity index (χ3v) is 3.56. The first-order valence-electron chi connectivity index (χ1n) is 6.18. The maximum absolute atomic E-state index is 13.3. The summed E-state index contributed by atoms with van der Waals surface area (Å²) in [6, 6.07) is 3.77. The molecule has 1 aromatic carbocycles. The minimum atomic E-state index is -0.514. The number of carbonyl (C=O) groups is 1. The van der Waals surface area contributed by atoms with Crippen molar-refractivity contribution in [1.29, 1.82) is 0 Å². The molecule has 1 aromatic heterocycles. The summed E-state index contributed by atoms with van der Waals surface area (Å²) in [5, 5.41) is 14.1. The third kappa shape index (κ3) is 4.12. The highest BCUT2D eigenvalue weighted by Gasteiger charge is 2.12. The zero-order valence-electron chi connectivity index (χ0n) is 11.3. The molecule has 2 aromatic rings. The second-order valence-electron chi connectivity index (χ2n) is 4.22. The summed E-state index contributed by atoms with van der Waals surface area (Å²) in [6.45, 7) is 1.83. The highest BCUT2D eigenvalue weighted by molar-refractivity contribution is 7.09. The Balaban J connectivity index is 2.15. The molecule has 2 rings (SSSR count). The van der Waals surface area contributed by atoms with E-state index in [1.165, 1.54) is 23.5 Å². The number of hydrogen-bond donors (Lipinski definition) is 2. The maximum atomic E-state index is 13.3. The first kappa shape index (κ1) is 15.2. The smallest absolute Gasteiger partial charge is 0.253 e. The molecule has 21 heavy (non-hydrogen) atoms. The van der Waals surface area contributed by atoms with E-state index in [1.54, 1.807) is 0 Å². The Bertz CT molecular complexity index is 716. The zero-order chi connectivity index (χ0) is 15.2. The van der Waals surface area contributed by atoms with Gasteiger partial charge < -0.3 is 10.4 Å². The van der Waals surface area contributed by atoms with Gasteiger partial charge in [0.1, 0.15) is 17.4 Å². The maximum Gasteiger partial charge on any atom is 0.253 e. The quantitative estimate of drug-likeness (QED) is 0.851. The summed E-state index contributed by atoms with van der Waals surface area (Å²) in [7, 11) is 0. The number of nitrogens with zero attached hydrogens (tertiary/aromatic N) is 1. The Morgan fingerprint density at radius 3 is 3.00 bits per heavy atom. The van der Waals surface area contributed by atoms with Gasteiger partial charge in [-0.05, 0) is 25.1 Å². The van der Waals surface area contributed by atoms with E-state index < -0.39 is 11.7 Å². The van der Waals surface area contributed by atoms with Gasteiger partial charge in [-0.3, -0.25) is 4.79 Å². The standard InChI is InChI=1S/C15H13FN2O2S/c1-10-9-21-14(18-10)8-17-15(20)13-7-12(16)5-4-11(13)3-2-6-19/h4-5,7,9,19H,6,8H2,1H3,(H,17,20). The van der Waals surface area contributed by atoms with Crippen molar-refractivity contribution in [2.45, 2.75) is 13.5 Å². The van der Waals surface area contributed by atoms with Crippen molar-refractivity contribution in [3.05, 3.63) is 51.2 Å². The normalized spacial score (nSPS) is 9.86. The van der Waals surface area contributed by atoms with Crippen molar-refractivity contribution in [3.8, 4) is 11.8 Å². The summed E-state index contributed by atoms with van der Waals surface area (Å²) >= 11 is 1.45. The number of aliphatic hydroxyl groups is 1. The van der Waals surface area contributed by atoms with Gasteiger partial charge >= 0.3 is 0 Å². The summed E-state index contributed by atoms with van der Waals surface area (Å²) in [6.07, 6.45) is 0. The van der Waals surface area contributed by atoms with Gasteiger partial charge in [-0.25, -0.2) is 9.37 Å². The van der Waals surface area contributed by atoms with Crippen molar-refractivity contribution < 1.29 is 14.3 Å². The van der Waals surface area contributed by atoms with Crippen LogP contribution in [-0.2, 0) is 6.54 Å². The lowest BCUT2D eigenvalue weighted by atomic mass is 10.1. The van der Waals surface area contributed by atoms with Crippen LogP contribution in [0.2, 0.25) is 0 Å². The molecular formula is C15H13FN2O2S. The van der Waals surface area contributed by atoms with Crippen LogP contribution in [0.3, 0.4) is 0 Å². The van der Waals surface area contributed by atoms with Gasteiger partial charge in [0.05, 0.1) is 12.1 Å². The molecule has 0 aliphatic heterocycles. The summed E-state index contributed by atoms with van der Waals surface area (Å²) in [5.41, 5.74) is 1.41. The number of aliphatic hydroxyl groups excluding tert-OH is 1. The molecular weight excluding hydrogens is 291 g/mol. The fourth-order valence-electron chi connectivity index (χ4n) is 1.68. The molecule has 1 amide bonds. The Kier molecular flexibility index (Phi) is 5.04.